The third-order valence-electron chi connectivity index (χ3n) is 11.3. The van der Waals surface area contributed by atoms with Crippen LogP contribution in [0.2, 0.25) is 0 Å². The Balaban J connectivity index is 1.31. The lowest BCUT2D eigenvalue weighted by Crippen LogP contribution is -2.04. The first-order chi connectivity index (χ1) is 26.5. The highest BCUT2D eigenvalue weighted by Crippen LogP contribution is 2.64. The summed E-state index contributed by atoms with van der Waals surface area (Å²) in [5, 5.41) is 0. The van der Waals surface area contributed by atoms with Crippen molar-refractivity contribution in [3.63, 3.8) is 0 Å². The summed E-state index contributed by atoms with van der Waals surface area (Å²) in [6, 6.07) is 52.5. The Morgan fingerprint density at radius 2 is 0.574 bits per heavy atom. The minimum Gasteiger partial charge on any atom is -0.0848 e. The number of benzene rings is 7. The first-order valence-corrected chi connectivity index (χ1v) is 18.8. The predicted octanol–water partition coefficient (Wildman–Crippen LogP) is 12.1. The molecular weight excluding hydrogens is 649 g/mol. The van der Waals surface area contributed by atoms with Gasteiger partial charge in [-0.15, -0.1) is 0 Å². The molecule has 7 aromatic rings. The minimum atomic E-state index is -0.108. The van der Waals surface area contributed by atoms with Gasteiger partial charge in [0.15, 0.2) is 0 Å². The zero-order chi connectivity index (χ0) is 36.3. The third kappa shape index (κ3) is 5.14. The van der Waals surface area contributed by atoms with Crippen LogP contribution in [-0.4, -0.2) is 0 Å². The van der Waals surface area contributed by atoms with E-state index < -0.39 is 0 Å². The molecular formula is C54H36. The topological polar surface area (TPSA) is 0 Å². The van der Waals surface area contributed by atoms with Crippen LogP contribution in [0.5, 0.6) is 0 Å². The number of hydrogen-bond acceptors (Lipinski definition) is 0. The van der Waals surface area contributed by atoms with Crippen LogP contribution in [0.15, 0.2) is 146 Å². The number of rotatable bonds is 0. The highest BCUT2D eigenvalue weighted by molar-refractivity contribution is 6.04. The Morgan fingerprint density at radius 3 is 0.852 bits per heavy atom. The Morgan fingerprint density at radius 1 is 0.315 bits per heavy atom. The Labute approximate surface area is 318 Å². The molecule has 0 aliphatic heterocycles. The van der Waals surface area contributed by atoms with Gasteiger partial charge in [-0.1, -0.05) is 161 Å². The zero-order valence-electron chi connectivity index (χ0n) is 30.6. The van der Waals surface area contributed by atoms with Gasteiger partial charge in [0.05, 0.1) is 17.8 Å². The Bertz CT molecular complexity index is 2510. The fourth-order valence-corrected chi connectivity index (χ4v) is 8.77. The molecule has 0 aromatic heterocycles. The molecule has 3 atom stereocenters. The van der Waals surface area contributed by atoms with E-state index in [1.807, 2.05) is 0 Å². The maximum Gasteiger partial charge on any atom is 0.0724 e. The van der Waals surface area contributed by atoms with Gasteiger partial charge in [0.1, 0.15) is 0 Å². The third-order valence-corrected chi connectivity index (χ3v) is 11.3. The van der Waals surface area contributed by atoms with Gasteiger partial charge in [-0.3, -0.25) is 0 Å². The molecule has 54 heavy (non-hydrogen) atoms. The van der Waals surface area contributed by atoms with Crippen molar-refractivity contribution in [3.8, 4) is 68.9 Å². The second kappa shape index (κ2) is 12.7. The van der Waals surface area contributed by atoms with Crippen LogP contribution < -0.4 is 0 Å². The maximum atomic E-state index is 3.84. The van der Waals surface area contributed by atoms with Crippen molar-refractivity contribution in [2.75, 3.05) is 0 Å². The second-order valence-electron chi connectivity index (χ2n) is 14.8. The van der Waals surface area contributed by atoms with Crippen LogP contribution in [0.3, 0.4) is 0 Å². The fourth-order valence-electron chi connectivity index (χ4n) is 8.77. The SMILES string of the molecule is Cc1ccc(C#C[C@@H]2c3ccccc3-c3c2c2c(c4c3[C@H](C#Cc3ccc(C)cc3)c3ccccc3-4)[C@H](C#Cc3ccc(C)cc3)c3ccccc3-2)cc1. The maximum absolute atomic E-state index is 3.84. The summed E-state index contributed by atoms with van der Waals surface area (Å²) in [4.78, 5) is 0. The molecule has 0 saturated carbocycles. The molecule has 0 fully saturated rings. The van der Waals surface area contributed by atoms with Crippen LogP contribution in [0.4, 0.5) is 0 Å². The summed E-state index contributed by atoms with van der Waals surface area (Å²) in [6.45, 7) is 6.36. The van der Waals surface area contributed by atoms with Gasteiger partial charge in [0.25, 0.3) is 0 Å². The van der Waals surface area contributed by atoms with E-state index in [0.29, 0.717) is 0 Å². The normalized spacial score (nSPS) is 16.2. The van der Waals surface area contributed by atoms with Gasteiger partial charge in [-0.25, -0.2) is 0 Å². The highest BCUT2D eigenvalue weighted by Gasteiger charge is 2.45. The van der Waals surface area contributed by atoms with Crippen LogP contribution in [-0.2, 0) is 0 Å². The second-order valence-corrected chi connectivity index (χ2v) is 14.8. The van der Waals surface area contributed by atoms with Gasteiger partial charge in [-0.05, 0) is 124 Å². The van der Waals surface area contributed by atoms with E-state index in [2.05, 4.69) is 202 Å². The molecule has 0 amide bonds. The van der Waals surface area contributed by atoms with E-state index in [1.54, 1.807) is 0 Å². The lowest BCUT2D eigenvalue weighted by atomic mass is 9.80. The molecule has 0 heterocycles. The lowest BCUT2D eigenvalue weighted by Gasteiger charge is -2.21. The molecule has 252 valence electrons. The summed E-state index contributed by atoms with van der Waals surface area (Å²) in [5.74, 6) is 22.0. The quantitative estimate of drug-likeness (QED) is 0.140. The van der Waals surface area contributed by atoms with Crippen molar-refractivity contribution < 1.29 is 0 Å². The smallest absolute Gasteiger partial charge is 0.0724 e. The number of fused-ring (bicyclic) bond motifs is 12. The van der Waals surface area contributed by atoms with E-state index in [9.17, 15) is 0 Å². The summed E-state index contributed by atoms with van der Waals surface area (Å²) >= 11 is 0. The average Bonchev–Trinajstić information content (AvgIpc) is 3.83. The lowest BCUT2D eigenvalue weighted by molar-refractivity contribution is 1.07. The number of hydrogen-bond donors (Lipinski definition) is 0. The van der Waals surface area contributed by atoms with E-state index in [0.717, 1.165) is 16.7 Å². The van der Waals surface area contributed by atoms with Crippen molar-refractivity contribution in [1.82, 2.24) is 0 Å². The molecule has 3 aliphatic rings. The van der Waals surface area contributed by atoms with Crippen LogP contribution in [0, 0.1) is 56.3 Å². The Kier molecular flexibility index (Phi) is 7.51. The van der Waals surface area contributed by atoms with Gasteiger partial charge in [0.2, 0.25) is 0 Å². The summed E-state index contributed by atoms with van der Waals surface area (Å²) in [5.41, 5.74) is 22.1. The van der Waals surface area contributed by atoms with Crippen molar-refractivity contribution in [2.24, 2.45) is 0 Å². The van der Waals surface area contributed by atoms with Crippen LogP contribution in [0.1, 0.15) is 84.5 Å². The van der Waals surface area contributed by atoms with E-state index in [-0.39, 0.29) is 17.8 Å². The fraction of sp³-hybridized carbons (Fsp3) is 0.111. The largest absolute Gasteiger partial charge is 0.0848 e. The monoisotopic (exact) mass is 684 g/mol. The van der Waals surface area contributed by atoms with Gasteiger partial charge < -0.3 is 0 Å². The molecule has 0 unspecified atom stereocenters. The van der Waals surface area contributed by atoms with E-state index in [1.165, 1.54) is 83.5 Å². The summed E-state index contributed by atoms with van der Waals surface area (Å²) in [6.07, 6.45) is 0. The predicted molar refractivity (Wildman–Crippen MR) is 222 cm³/mol. The first-order valence-electron chi connectivity index (χ1n) is 18.8. The standard InChI is InChI=1S/C54H36/c1-34-16-22-37(23-17-34)28-31-46-40-10-4-7-13-43(40)49-52(46)50-44-14-8-5-11-41(44)47(32-29-38-24-18-35(2)19-25-38)54(50)51-45-15-9-6-12-42(45)48(53(49)51)33-30-39-26-20-36(3)21-27-39/h4-27,46-48H,1-3H3/t46-,47-,48-/m1/s1. The zero-order valence-corrected chi connectivity index (χ0v) is 30.6. The van der Waals surface area contributed by atoms with Crippen molar-refractivity contribution in [2.45, 2.75) is 38.5 Å². The Hall–Kier alpha value is -6.78. The van der Waals surface area contributed by atoms with Crippen LogP contribution in [0.25, 0.3) is 33.4 Å². The molecule has 3 aliphatic carbocycles. The molecule has 7 aromatic carbocycles. The molecule has 0 spiro atoms. The molecule has 0 nitrogen and oxygen atoms in total. The molecule has 0 bridgehead atoms. The number of aryl methyl sites for hydroxylation is 3. The molecule has 0 saturated heterocycles. The summed E-state index contributed by atoms with van der Waals surface area (Å²) < 4.78 is 0. The van der Waals surface area contributed by atoms with E-state index >= 15 is 0 Å². The minimum absolute atomic E-state index is 0.108. The molecule has 10 rings (SSSR count). The molecule has 0 heteroatoms. The average molecular weight is 685 g/mol. The van der Waals surface area contributed by atoms with Crippen molar-refractivity contribution >= 4 is 0 Å². The van der Waals surface area contributed by atoms with Gasteiger partial charge in [0, 0.05) is 16.7 Å². The van der Waals surface area contributed by atoms with E-state index in [4.69, 9.17) is 0 Å². The van der Waals surface area contributed by atoms with Crippen molar-refractivity contribution in [1.29, 1.82) is 0 Å². The van der Waals surface area contributed by atoms with Gasteiger partial charge >= 0.3 is 0 Å². The summed E-state index contributed by atoms with van der Waals surface area (Å²) in [7, 11) is 0. The molecule has 0 radical (unpaired) electrons. The van der Waals surface area contributed by atoms with Crippen molar-refractivity contribution in [3.05, 3.63) is 212 Å². The molecule has 0 N–H and O–H groups in total. The van der Waals surface area contributed by atoms with Gasteiger partial charge in [-0.2, -0.15) is 0 Å². The van der Waals surface area contributed by atoms with Crippen LogP contribution >= 0.6 is 0 Å². The first kappa shape index (κ1) is 31.9. The highest BCUT2D eigenvalue weighted by atomic mass is 14.5.